The highest BCUT2D eigenvalue weighted by atomic mass is 32.2. The van der Waals surface area contributed by atoms with Crippen LogP contribution >= 0.6 is 11.8 Å². The van der Waals surface area contributed by atoms with Crippen molar-refractivity contribution in [3.63, 3.8) is 0 Å². The Morgan fingerprint density at radius 2 is 1.76 bits per heavy atom. The minimum Gasteiger partial charge on any atom is -0.493 e. The number of methoxy groups -OCH3 is 2. The molecule has 0 bridgehead atoms. The van der Waals surface area contributed by atoms with E-state index < -0.39 is 17.6 Å². The number of hydrogen-bond donors (Lipinski definition) is 1. The second-order valence-corrected chi connectivity index (χ2v) is 10.2. The van der Waals surface area contributed by atoms with Gasteiger partial charge in [0.2, 0.25) is 5.91 Å². The van der Waals surface area contributed by atoms with Crippen LogP contribution in [0.4, 0.5) is 18.9 Å². The Labute approximate surface area is 243 Å². The molecule has 0 unspecified atom stereocenters. The molecule has 2 heterocycles. The molecule has 1 aliphatic heterocycles. The lowest BCUT2D eigenvalue weighted by atomic mass is 10.2. The summed E-state index contributed by atoms with van der Waals surface area (Å²) in [6, 6.07) is 17.0. The molecule has 13 heteroatoms. The van der Waals surface area contributed by atoms with E-state index in [1.54, 1.807) is 17.0 Å². The van der Waals surface area contributed by atoms with E-state index in [0.29, 0.717) is 18.0 Å². The predicted molar refractivity (Wildman–Crippen MR) is 150 cm³/mol. The lowest BCUT2D eigenvalue weighted by Crippen LogP contribution is -2.30. The van der Waals surface area contributed by atoms with Gasteiger partial charge in [0.1, 0.15) is 0 Å². The van der Waals surface area contributed by atoms with Crippen LogP contribution < -0.4 is 19.7 Å². The van der Waals surface area contributed by atoms with E-state index in [4.69, 9.17) is 9.47 Å². The number of alkyl halides is 3. The number of carbonyl (C=O) groups excluding carboxylic acids is 2. The third kappa shape index (κ3) is 6.05. The largest absolute Gasteiger partial charge is 0.493 e. The summed E-state index contributed by atoms with van der Waals surface area (Å²) in [5.74, 6) is 0.361. The molecule has 4 aromatic rings. The van der Waals surface area contributed by atoms with Crippen molar-refractivity contribution in [3.8, 4) is 17.2 Å². The smallest absolute Gasteiger partial charge is 0.416 e. The molecule has 0 saturated heterocycles. The zero-order valence-electron chi connectivity index (χ0n) is 22.6. The van der Waals surface area contributed by atoms with E-state index in [-0.39, 0.29) is 40.4 Å². The van der Waals surface area contributed by atoms with Crippen molar-refractivity contribution >= 4 is 29.3 Å². The van der Waals surface area contributed by atoms with Crippen LogP contribution in [0, 0.1) is 0 Å². The number of nitrogens with zero attached hydrogens (tertiary/aromatic N) is 4. The van der Waals surface area contributed by atoms with Crippen LogP contribution in [-0.2, 0) is 23.9 Å². The van der Waals surface area contributed by atoms with E-state index in [1.807, 2.05) is 24.3 Å². The Morgan fingerprint density at radius 3 is 2.52 bits per heavy atom. The highest BCUT2D eigenvalue weighted by Gasteiger charge is 2.31. The number of thioether (sulfide) groups is 1. The number of anilines is 1. The third-order valence-corrected chi connectivity index (χ3v) is 7.61. The number of fused-ring (bicyclic) bond motifs is 1. The molecule has 1 N–H and O–H groups in total. The van der Waals surface area contributed by atoms with Gasteiger partial charge in [-0.3, -0.25) is 14.2 Å². The molecule has 0 atom stereocenters. The molecule has 3 aromatic carbocycles. The average molecular weight is 598 g/mol. The monoisotopic (exact) mass is 597 g/mol. The van der Waals surface area contributed by atoms with Crippen LogP contribution in [0.5, 0.6) is 11.5 Å². The van der Waals surface area contributed by atoms with Crippen LogP contribution in [0.15, 0.2) is 71.9 Å². The molecule has 5 rings (SSSR count). The van der Waals surface area contributed by atoms with Gasteiger partial charge in [0.15, 0.2) is 22.5 Å². The van der Waals surface area contributed by atoms with Crippen molar-refractivity contribution in [3.05, 3.63) is 89.2 Å². The normalized spacial score (nSPS) is 12.6. The second kappa shape index (κ2) is 12.1. The SMILES string of the molecule is COc1ccc(C(=O)NCc2nnc(SCC(=O)N3CCc4ccccc43)n2-c2cccc(C(F)(F)F)c2)cc1OC. The highest BCUT2D eigenvalue weighted by Crippen LogP contribution is 2.33. The summed E-state index contributed by atoms with van der Waals surface area (Å²) in [7, 11) is 2.93. The van der Waals surface area contributed by atoms with Crippen molar-refractivity contribution in [2.75, 3.05) is 31.4 Å². The maximum Gasteiger partial charge on any atom is 0.416 e. The van der Waals surface area contributed by atoms with Crippen LogP contribution in [0.3, 0.4) is 0 Å². The number of carbonyl (C=O) groups is 2. The fourth-order valence-electron chi connectivity index (χ4n) is 4.63. The molecular formula is C29H26F3N5O4S. The number of nitrogens with one attached hydrogen (secondary N) is 1. The first-order valence-electron chi connectivity index (χ1n) is 12.8. The fraction of sp³-hybridized carbons (Fsp3) is 0.241. The molecule has 0 spiro atoms. The molecule has 42 heavy (non-hydrogen) atoms. The van der Waals surface area contributed by atoms with E-state index in [2.05, 4.69) is 15.5 Å². The topological polar surface area (TPSA) is 98.6 Å². The molecule has 1 aromatic heterocycles. The van der Waals surface area contributed by atoms with Crippen molar-refractivity contribution in [2.24, 2.45) is 0 Å². The van der Waals surface area contributed by atoms with E-state index in [1.165, 1.54) is 37.0 Å². The molecule has 0 radical (unpaired) electrons. The van der Waals surface area contributed by atoms with Crippen LogP contribution in [0.1, 0.15) is 27.3 Å². The molecule has 218 valence electrons. The standard InChI is InChI=1S/C29H26F3N5O4S/c1-40-23-11-10-19(14-24(23)41-2)27(39)33-16-25-34-35-28(37(25)21-8-5-7-20(15-21)29(30,31)32)42-17-26(38)36-13-12-18-6-3-4-9-22(18)36/h3-11,14-15H,12-13,16-17H2,1-2H3,(H,33,39). The Kier molecular flexibility index (Phi) is 8.39. The van der Waals surface area contributed by atoms with Gasteiger partial charge in [-0.05, 0) is 54.4 Å². The number of aromatic nitrogens is 3. The summed E-state index contributed by atoms with van der Waals surface area (Å²) in [6.45, 7) is 0.400. The summed E-state index contributed by atoms with van der Waals surface area (Å²) in [6.07, 6.45) is -3.82. The highest BCUT2D eigenvalue weighted by molar-refractivity contribution is 7.99. The Morgan fingerprint density at radius 1 is 0.976 bits per heavy atom. The summed E-state index contributed by atoms with van der Waals surface area (Å²) in [5, 5.41) is 11.3. The number of para-hydroxylation sites is 1. The molecule has 0 fully saturated rings. The molecule has 1 aliphatic rings. The minimum absolute atomic E-state index is 0.0105. The Balaban J connectivity index is 1.39. The zero-order valence-corrected chi connectivity index (χ0v) is 23.5. The molecule has 9 nitrogen and oxygen atoms in total. The zero-order chi connectivity index (χ0) is 29.9. The average Bonchev–Trinajstić information content (AvgIpc) is 3.62. The van der Waals surface area contributed by atoms with Crippen molar-refractivity contribution in [1.29, 1.82) is 0 Å². The minimum atomic E-state index is -4.57. The number of rotatable bonds is 9. The van der Waals surface area contributed by atoms with Gasteiger partial charge in [-0.15, -0.1) is 10.2 Å². The summed E-state index contributed by atoms with van der Waals surface area (Å²) in [4.78, 5) is 27.7. The third-order valence-electron chi connectivity index (χ3n) is 6.70. The Bertz CT molecular complexity index is 1630. The van der Waals surface area contributed by atoms with Crippen LogP contribution in [-0.4, -0.2) is 53.1 Å². The van der Waals surface area contributed by atoms with Crippen molar-refractivity contribution < 1.29 is 32.2 Å². The lowest BCUT2D eigenvalue weighted by Gasteiger charge is -2.17. The lowest BCUT2D eigenvalue weighted by molar-refractivity contribution is -0.137. The summed E-state index contributed by atoms with van der Waals surface area (Å²) < 4.78 is 52.5. The van der Waals surface area contributed by atoms with E-state index in [0.717, 1.165) is 41.6 Å². The Hall–Kier alpha value is -4.52. The van der Waals surface area contributed by atoms with Gasteiger partial charge in [-0.2, -0.15) is 13.2 Å². The number of ether oxygens (including phenoxy) is 2. The van der Waals surface area contributed by atoms with Crippen LogP contribution in [0.2, 0.25) is 0 Å². The fourth-order valence-corrected chi connectivity index (χ4v) is 5.48. The van der Waals surface area contributed by atoms with Gasteiger partial charge in [0.25, 0.3) is 5.91 Å². The first kappa shape index (κ1) is 29.0. The van der Waals surface area contributed by atoms with E-state index >= 15 is 0 Å². The maximum absolute atomic E-state index is 13.5. The van der Waals surface area contributed by atoms with E-state index in [9.17, 15) is 22.8 Å². The quantitative estimate of drug-likeness (QED) is 0.274. The van der Waals surface area contributed by atoms with Gasteiger partial charge in [-0.25, -0.2) is 0 Å². The second-order valence-electron chi connectivity index (χ2n) is 9.25. The van der Waals surface area contributed by atoms with Gasteiger partial charge < -0.3 is 19.7 Å². The van der Waals surface area contributed by atoms with Gasteiger partial charge in [0, 0.05) is 17.8 Å². The first-order chi connectivity index (χ1) is 20.2. The van der Waals surface area contributed by atoms with Crippen molar-refractivity contribution in [2.45, 2.75) is 24.3 Å². The number of benzene rings is 3. The number of halogens is 3. The van der Waals surface area contributed by atoms with Gasteiger partial charge >= 0.3 is 6.18 Å². The maximum atomic E-state index is 13.5. The predicted octanol–water partition coefficient (Wildman–Crippen LogP) is 4.91. The van der Waals surface area contributed by atoms with Gasteiger partial charge in [-0.1, -0.05) is 36.0 Å². The molecule has 2 amide bonds. The van der Waals surface area contributed by atoms with Crippen LogP contribution in [0.25, 0.3) is 5.69 Å². The molecule has 0 aliphatic carbocycles. The molecular weight excluding hydrogens is 571 g/mol. The number of hydrogen-bond acceptors (Lipinski definition) is 7. The van der Waals surface area contributed by atoms with Gasteiger partial charge in [0.05, 0.1) is 37.8 Å². The summed E-state index contributed by atoms with van der Waals surface area (Å²) in [5.41, 5.74) is 1.50. The molecule has 0 saturated carbocycles. The summed E-state index contributed by atoms with van der Waals surface area (Å²) >= 11 is 1.06. The number of amides is 2. The van der Waals surface area contributed by atoms with Crippen molar-refractivity contribution in [1.82, 2.24) is 20.1 Å². The first-order valence-corrected chi connectivity index (χ1v) is 13.8.